The number of para-hydroxylation sites is 1. The summed E-state index contributed by atoms with van der Waals surface area (Å²) in [5.74, 6) is 1.06. The summed E-state index contributed by atoms with van der Waals surface area (Å²) in [4.78, 5) is 26.6. The van der Waals surface area contributed by atoms with Gasteiger partial charge >= 0.3 is 0 Å². The third-order valence-electron chi connectivity index (χ3n) is 3.51. The average molecular weight is 347 g/mol. The molecule has 3 aromatic heterocycles. The van der Waals surface area contributed by atoms with Gasteiger partial charge in [0.25, 0.3) is 5.89 Å². The van der Waals surface area contributed by atoms with Crippen molar-refractivity contribution in [1.82, 2.24) is 35.1 Å². The van der Waals surface area contributed by atoms with Crippen LogP contribution in [0.2, 0.25) is 0 Å². The van der Waals surface area contributed by atoms with Crippen LogP contribution < -0.4 is 10.6 Å². The van der Waals surface area contributed by atoms with Gasteiger partial charge in [-0.05, 0) is 18.2 Å². The molecule has 26 heavy (non-hydrogen) atoms. The Hall–Kier alpha value is -3.95. The maximum atomic E-state index is 5.83. The zero-order chi connectivity index (χ0) is 17.9. The number of benzene rings is 1. The van der Waals surface area contributed by atoms with Crippen LogP contribution in [0, 0.1) is 0 Å². The molecule has 0 unspecified atom stereocenters. The molecule has 0 spiro atoms. The van der Waals surface area contributed by atoms with E-state index in [1.54, 1.807) is 17.2 Å². The van der Waals surface area contributed by atoms with Gasteiger partial charge in [-0.15, -0.1) is 0 Å². The summed E-state index contributed by atoms with van der Waals surface area (Å²) >= 11 is 0. The van der Waals surface area contributed by atoms with Crippen LogP contribution in [0.15, 0.2) is 53.4 Å². The van der Waals surface area contributed by atoms with E-state index in [1.165, 1.54) is 6.33 Å². The van der Waals surface area contributed by atoms with E-state index in [0.717, 1.165) is 5.69 Å². The molecule has 10 heteroatoms. The quantitative estimate of drug-likeness (QED) is 0.581. The molecule has 0 bridgehead atoms. The number of rotatable bonds is 4. The first-order valence-corrected chi connectivity index (χ1v) is 7.61. The highest BCUT2D eigenvalue weighted by Crippen LogP contribution is 2.23. The predicted octanol–water partition coefficient (Wildman–Crippen LogP) is 1.73. The van der Waals surface area contributed by atoms with Crippen LogP contribution in [0.4, 0.5) is 17.6 Å². The average Bonchev–Trinajstić information content (AvgIpc) is 3.19. The van der Waals surface area contributed by atoms with E-state index in [9.17, 15) is 0 Å². The Labute approximate surface area is 147 Å². The van der Waals surface area contributed by atoms with E-state index in [-0.39, 0.29) is 23.5 Å². The van der Waals surface area contributed by atoms with E-state index >= 15 is 0 Å². The predicted molar refractivity (Wildman–Crippen MR) is 93.1 cm³/mol. The van der Waals surface area contributed by atoms with Crippen LogP contribution >= 0.6 is 0 Å². The maximum absolute atomic E-state index is 5.83. The third-order valence-corrected chi connectivity index (χ3v) is 3.51. The molecule has 10 nitrogen and oxygen atoms in total. The van der Waals surface area contributed by atoms with Crippen molar-refractivity contribution in [3.8, 4) is 23.2 Å². The lowest BCUT2D eigenvalue weighted by molar-refractivity contribution is 0.430. The zero-order valence-electron chi connectivity index (χ0n) is 13.7. The van der Waals surface area contributed by atoms with Crippen LogP contribution in [-0.2, 0) is 0 Å². The SMILES string of the molecule is CN(c1ccccc1)c1nc(N)nc(-c2noc(-c3ccncn3)n2)n1. The van der Waals surface area contributed by atoms with Crippen molar-refractivity contribution in [3.05, 3.63) is 48.9 Å². The molecule has 0 amide bonds. The Kier molecular flexibility index (Phi) is 3.90. The molecule has 0 fully saturated rings. The Morgan fingerprint density at radius 3 is 2.58 bits per heavy atom. The smallest absolute Gasteiger partial charge is 0.277 e. The largest absolute Gasteiger partial charge is 0.368 e. The van der Waals surface area contributed by atoms with Crippen molar-refractivity contribution in [2.75, 3.05) is 17.7 Å². The molecule has 0 saturated heterocycles. The third kappa shape index (κ3) is 3.02. The molecule has 4 rings (SSSR count). The van der Waals surface area contributed by atoms with Crippen molar-refractivity contribution in [1.29, 1.82) is 0 Å². The molecule has 0 aliphatic heterocycles. The number of hydrogen-bond acceptors (Lipinski definition) is 10. The summed E-state index contributed by atoms with van der Waals surface area (Å²) < 4.78 is 5.22. The minimum Gasteiger partial charge on any atom is -0.368 e. The highest BCUT2D eigenvalue weighted by Gasteiger charge is 2.17. The van der Waals surface area contributed by atoms with Gasteiger partial charge in [0.15, 0.2) is 0 Å². The fraction of sp³-hybridized carbons (Fsp3) is 0.0625. The van der Waals surface area contributed by atoms with E-state index < -0.39 is 0 Å². The summed E-state index contributed by atoms with van der Waals surface area (Å²) in [7, 11) is 1.83. The normalized spacial score (nSPS) is 10.7. The fourth-order valence-corrected chi connectivity index (χ4v) is 2.23. The monoisotopic (exact) mass is 347 g/mol. The molecule has 0 atom stereocenters. The van der Waals surface area contributed by atoms with Crippen molar-refractivity contribution in [3.63, 3.8) is 0 Å². The Morgan fingerprint density at radius 1 is 0.962 bits per heavy atom. The zero-order valence-corrected chi connectivity index (χ0v) is 13.7. The molecule has 0 aliphatic rings. The number of anilines is 3. The lowest BCUT2D eigenvalue weighted by Gasteiger charge is -2.17. The lowest BCUT2D eigenvalue weighted by atomic mass is 10.3. The van der Waals surface area contributed by atoms with Crippen LogP contribution in [0.5, 0.6) is 0 Å². The van der Waals surface area contributed by atoms with Gasteiger partial charge < -0.3 is 15.2 Å². The van der Waals surface area contributed by atoms with Crippen molar-refractivity contribution in [2.45, 2.75) is 0 Å². The van der Waals surface area contributed by atoms with Gasteiger partial charge in [0, 0.05) is 18.9 Å². The summed E-state index contributed by atoms with van der Waals surface area (Å²) in [6.45, 7) is 0. The first-order valence-electron chi connectivity index (χ1n) is 7.61. The van der Waals surface area contributed by atoms with Crippen LogP contribution in [0.3, 0.4) is 0 Å². The minimum atomic E-state index is 0.0566. The Bertz CT molecular complexity index is 1020. The van der Waals surface area contributed by atoms with E-state index in [2.05, 4.69) is 35.1 Å². The Morgan fingerprint density at radius 2 is 1.81 bits per heavy atom. The van der Waals surface area contributed by atoms with Crippen LogP contribution in [0.1, 0.15) is 0 Å². The number of nitrogen functional groups attached to an aromatic ring is 1. The van der Waals surface area contributed by atoms with Gasteiger partial charge in [0.05, 0.1) is 0 Å². The summed E-state index contributed by atoms with van der Waals surface area (Å²) in [5.41, 5.74) is 7.24. The maximum Gasteiger partial charge on any atom is 0.277 e. The number of nitrogens with zero attached hydrogens (tertiary/aromatic N) is 8. The molecule has 1 aromatic carbocycles. The van der Waals surface area contributed by atoms with Crippen LogP contribution in [0.25, 0.3) is 23.2 Å². The Balaban J connectivity index is 1.70. The van der Waals surface area contributed by atoms with Gasteiger partial charge in [0.2, 0.25) is 23.5 Å². The number of nitrogens with two attached hydrogens (primary N) is 1. The first-order chi connectivity index (χ1) is 12.7. The second kappa shape index (κ2) is 6.51. The molecule has 0 aliphatic carbocycles. The highest BCUT2D eigenvalue weighted by atomic mass is 16.5. The van der Waals surface area contributed by atoms with E-state index in [4.69, 9.17) is 10.3 Å². The van der Waals surface area contributed by atoms with Crippen molar-refractivity contribution >= 4 is 17.6 Å². The second-order valence-corrected chi connectivity index (χ2v) is 5.23. The van der Waals surface area contributed by atoms with Gasteiger partial charge in [-0.3, -0.25) is 0 Å². The van der Waals surface area contributed by atoms with Crippen molar-refractivity contribution in [2.24, 2.45) is 0 Å². The fourth-order valence-electron chi connectivity index (χ4n) is 2.23. The first kappa shape index (κ1) is 15.6. The molecular weight excluding hydrogens is 334 g/mol. The molecule has 128 valence electrons. The number of hydrogen-bond donors (Lipinski definition) is 1. The summed E-state index contributed by atoms with van der Waals surface area (Å²) in [6, 6.07) is 11.3. The molecule has 0 saturated carbocycles. The van der Waals surface area contributed by atoms with E-state index in [1.807, 2.05) is 37.4 Å². The van der Waals surface area contributed by atoms with Crippen molar-refractivity contribution < 1.29 is 4.52 Å². The molecule has 2 N–H and O–H groups in total. The van der Waals surface area contributed by atoms with Gasteiger partial charge in [-0.25, -0.2) is 9.97 Å². The van der Waals surface area contributed by atoms with E-state index in [0.29, 0.717) is 11.6 Å². The lowest BCUT2D eigenvalue weighted by Crippen LogP contribution is -2.15. The molecule has 3 heterocycles. The molecule has 4 aromatic rings. The number of aromatic nitrogens is 7. The summed E-state index contributed by atoms with van der Waals surface area (Å²) in [5, 5.41) is 3.90. The molecule has 0 radical (unpaired) electrons. The van der Waals surface area contributed by atoms with Gasteiger partial charge in [0.1, 0.15) is 12.0 Å². The highest BCUT2D eigenvalue weighted by molar-refractivity contribution is 5.59. The second-order valence-electron chi connectivity index (χ2n) is 5.23. The topological polar surface area (TPSA) is 133 Å². The standard InChI is InChI=1S/C16H13N9O/c1-25(10-5-3-2-4-6-10)16-22-12(21-15(17)23-16)13-20-14(26-24-13)11-7-8-18-9-19-11/h2-9H,1H3,(H2,17,21,22,23). The molecular formula is C16H13N9O. The van der Waals surface area contributed by atoms with Gasteiger partial charge in [-0.2, -0.15) is 19.9 Å². The van der Waals surface area contributed by atoms with Crippen LogP contribution in [-0.4, -0.2) is 42.1 Å². The van der Waals surface area contributed by atoms with Gasteiger partial charge in [-0.1, -0.05) is 23.4 Å². The summed E-state index contributed by atoms with van der Waals surface area (Å²) in [6.07, 6.45) is 2.98. The minimum absolute atomic E-state index is 0.0566.